The van der Waals surface area contributed by atoms with Crippen LogP contribution in [0, 0.1) is 10.1 Å². The number of aliphatic hydroxyl groups is 1. The summed E-state index contributed by atoms with van der Waals surface area (Å²) in [4.78, 5) is 10.6. The van der Waals surface area contributed by atoms with Gasteiger partial charge in [-0.2, -0.15) is 0 Å². The van der Waals surface area contributed by atoms with Crippen molar-refractivity contribution in [1.29, 1.82) is 0 Å². The first-order chi connectivity index (χ1) is 9.99. The van der Waals surface area contributed by atoms with Gasteiger partial charge in [0.15, 0.2) is 0 Å². The molecular weight excluding hydrogens is 364 g/mol. The zero-order valence-electron chi connectivity index (χ0n) is 11.6. The molecule has 0 aromatic heterocycles. The van der Waals surface area contributed by atoms with Crippen LogP contribution in [-0.4, -0.2) is 35.2 Å². The second kappa shape index (κ2) is 9.07. The fourth-order valence-electron chi connectivity index (χ4n) is 1.55. The van der Waals surface area contributed by atoms with Crippen LogP contribution in [0.1, 0.15) is 19.8 Å². The smallest absolute Gasteiger partial charge is 0.293 e. The highest BCUT2D eigenvalue weighted by molar-refractivity contribution is 9.10. The van der Waals surface area contributed by atoms with Crippen molar-refractivity contribution < 1.29 is 14.8 Å². The fraction of sp³-hybridized carbons (Fsp3) is 0.538. The minimum absolute atomic E-state index is 0.0528. The third-order valence-corrected chi connectivity index (χ3v) is 3.68. The zero-order valence-corrected chi connectivity index (χ0v) is 14.0. The van der Waals surface area contributed by atoms with Crippen LogP contribution in [-0.2, 0) is 0 Å². The van der Waals surface area contributed by atoms with E-state index in [4.69, 9.17) is 16.3 Å². The predicted molar refractivity (Wildman–Crippen MR) is 86.4 cm³/mol. The van der Waals surface area contributed by atoms with Gasteiger partial charge in [0.05, 0.1) is 28.0 Å². The molecule has 1 atom stereocenters. The quantitative estimate of drug-likeness (QED) is 0.296. The lowest BCUT2D eigenvalue weighted by molar-refractivity contribution is -0.384. The number of anilines is 1. The molecule has 8 heteroatoms. The van der Waals surface area contributed by atoms with Crippen LogP contribution in [0.3, 0.4) is 0 Å². The molecule has 0 bridgehead atoms. The van der Waals surface area contributed by atoms with Gasteiger partial charge in [0.1, 0.15) is 11.4 Å². The van der Waals surface area contributed by atoms with Crippen LogP contribution in [0.15, 0.2) is 16.6 Å². The maximum absolute atomic E-state index is 11.1. The Morgan fingerprint density at radius 1 is 1.57 bits per heavy atom. The molecular formula is C13H18BrClN2O4. The molecule has 0 saturated heterocycles. The minimum atomic E-state index is -0.778. The highest BCUT2D eigenvalue weighted by atomic mass is 79.9. The molecule has 0 amide bonds. The number of alkyl halides is 1. The molecule has 0 radical (unpaired) electrons. The Morgan fingerprint density at radius 2 is 2.29 bits per heavy atom. The second-order valence-electron chi connectivity index (χ2n) is 4.45. The normalized spacial score (nSPS) is 12.0. The lowest BCUT2D eigenvalue weighted by Crippen LogP contribution is -2.21. The Hall–Kier alpha value is -1.05. The number of hydrogen-bond acceptors (Lipinski definition) is 5. The lowest BCUT2D eigenvalue weighted by atomic mass is 10.2. The number of unbranched alkanes of at least 4 members (excludes halogenated alkanes) is 1. The van der Waals surface area contributed by atoms with E-state index in [9.17, 15) is 15.2 Å². The molecule has 1 aromatic carbocycles. The summed E-state index contributed by atoms with van der Waals surface area (Å²) in [6.45, 7) is 2.71. The van der Waals surface area contributed by atoms with Gasteiger partial charge >= 0.3 is 0 Å². The predicted octanol–water partition coefficient (Wildman–Crippen LogP) is 3.55. The monoisotopic (exact) mass is 380 g/mol. The number of nitrogens with one attached hydrogen (secondary N) is 1. The van der Waals surface area contributed by atoms with E-state index in [1.807, 2.05) is 0 Å². The van der Waals surface area contributed by atoms with E-state index in [1.54, 1.807) is 6.07 Å². The third-order valence-electron chi connectivity index (χ3n) is 2.71. The molecule has 0 spiro atoms. The number of aliphatic hydroxyl groups excluding tert-OH is 1. The molecule has 6 nitrogen and oxygen atoms in total. The van der Waals surface area contributed by atoms with Gasteiger partial charge in [-0.15, -0.1) is 11.6 Å². The van der Waals surface area contributed by atoms with Crippen molar-refractivity contribution in [2.75, 3.05) is 24.3 Å². The van der Waals surface area contributed by atoms with Crippen molar-refractivity contribution >= 4 is 38.9 Å². The van der Waals surface area contributed by atoms with Gasteiger partial charge in [-0.25, -0.2) is 0 Å². The zero-order chi connectivity index (χ0) is 15.8. The molecule has 0 aliphatic heterocycles. The van der Waals surface area contributed by atoms with Gasteiger partial charge in [0, 0.05) is 18.7 Å². The SMILES string of the molecule is CCCCOc1cc(NCC(O)CCl)c([N+](=O)[O-])cc1Br. The van der Waals surface area contributed by atoms with Crippen molar-refractivity contribution in [2.45, 2.75) is 25.9 Å². The molecule has 0 heterocycles. The van der Waals surface area contributed by atoms with Crippen molar-refractivity contribution in [3.63, 3.8) is 0 Å². The molecule has 0 aliphatic carbocycles. The molecule has 0 saturated carbocycles. The molecule has 2 N–H and O–H groups in total. The van der Waals surface area contributed by atoms with Crippen LogP contribution < -0.4 is 10.1 Å². The van der Waals surface area contributed by atoms with Crippen molar-refractivity contribution in [1.82, 2.24) is 0 Å². The Labute approximate surface area is 136 Å². The summed E-state index contributed by atoms with van der Waals surface area (Å²) < 4.78 is 6.11. The van der Waals surface area contributed by atoms with Crippen LogP contribution in [0.25, 0.3) is 0 Å². The number of nitrogens with zero attached hydrogens (tertiary/aromatic N) is 1. The van der Waals surface area contributed by atoms with Crippen LogP contribution >= 0.6 is 27.5 Å². The lowest BCUT2D eigenvalue weighted by Gasteiger charge is -2.13. The van der Waals surface area contributed by atoms with Crippen LogP contribution in [0.5, 0.6) is 5.75 Å². The minimum Gasteiger partial charge on any atom is -0.492 e. The van der Waals surface area contributed by atoms with Crippen molar-refractivity contribution in [3.8, 4) is 5.75 Å². The highest BCUT2D eigenvalue weighted by Crippen LogP contribution is 2.36. The molecule has 1 aromatic rings. The number of rotatable bonds is 9. The van der Waals surface area contributed by atoms with E-state index in [0.717, 1.165) is 12.8 Å². The number of nitro benzene ring substituents is 1. The first kappa shape index (κ1) is 18.0. The maximum Gasteiger partial charge on any atom is 0.293 e. The van der Waals surface area contributed by atoms with Gasteiger partial charge < -0.3 is 15.2 Å². The number of nitro groups is 1. The Kier molecular flexibility index (Phi) is 7.77. The summed E-state index contributed by atoms with van der Waals surface area (Å²) in [6.07, 6.45) is 1.12. The van der Waals surface area contributed by atoms with Gasteiger partial charge in [0.2, 0.25) is 0 Å². The van der Waals surface area contributed by atoms with E-state index in [1.165, 1.54) is 6.07 Å². The van der Waals surface area contributed by atoms with E-state index in [2.05, 4.69) is 28.2 Å². The average Bonchev–Trinajstić information content (AvgIpc) is 2.46. The van der Waals surface area contributed by atoms with Crippen molar-refractivity contribution in [3.05, 3.63) is 26.7 Å². The molecule has 1 unspecified atom stereocenters. The summed E-state index contributed by atoms with van der Waals surface area (Å²) >= 11 is 8.77. The first-order valence-electron chi connectivity index (χ1n) is 6.58. The average molecular weight is 382 g/mol. The topological polar surface area (TPSA) is 84.6 Å². The summed E-state index contributed by atoms with van der Waals surface area (Å²) in [5, 5.41) is 23.3. The van der Waals surface area contributed by atoms with E-state index < -0.39 is 11.0 Å². The third kappa shape index (κ3) is 5.68. The summed E-state index contributed by atoms with van der Waals surface area (Å²) in [7, 11) is 0. The van der Waals surface area contributed by atoms with Gasteiger partial charge in [-0.05, 0) is 22.4 Å². The standard InChI is InChI=1S/C13H18BrClN2O4/c1-2-3-4-21-13-6-11(16-8-9(18)7-15)12(17(19)20)5-10(13)14/h5-6,9,16,18H,2-4,7-8H2,1H3. The number of ether oxygens (including phenoxy) is 1. The summed E-state index contributed by atoms with van der Waals surface area (Å²) in [6, 6.07) is 2.94. The molecule has 0 aliphatic rings. The van der Waals surface area contributed by atoms with E-state index in [-0.39, 0.29) is 18.1 Å². The summed E-state index contributed by atoms with van der Waals surface area (Å²) in [5.41, 5.74) is 0.199. The highest BCUT2D eigenvalue weighted by Gasteiger charge is 2.18. The fourth-order valence-corrected chi connectivity index (χ4v) is 2.11. The van der Waals surface area contributed by atoms with E-state index >= 15 is 0 Å². The number of hydrogen-bond donors (Lipinski definition) is 2. The Morgan fingerprint density at radius 3 is 2.86 bits per heavy atom. The van der Waals surface area contributed by atoms with Gasteiger partial charge in [-0.1, -0.05) is 13.3 Å². The van der Waals surface area contributed by atoms with E-state index in [0.29, 0.717) is 22.5 Å². The first-order valence-corrected chi connectivity index (χ1v) is 7.91. The second-order valence-corrected chi connectivity index (χ2v) is 5.61. The van der Waals surface area contributed by atoms with Gasteiger partial charge in [0.25, 0.3) is 5.69 Å². The largest absolute Gasteiger partial charge is 0.492 e. The molecule has 1 rings (SSSR count). The maximum atomic E-state index is 11.1. The molecule has 0 fully saturated rings. The number of halogens is 2. The summed E-state index contributed by atoms with van der Waals surface area (Å²) in [5.74, 6) is 0.578. The van der Waals surface area contributed by atoms with Crippen LogP contribution in [0.4, 0.5) is 11.4 Å². The van der Waals surface area contributed by atoms with Gasteiger partial charge in [-0.3, -0.25) is 10.1 Å². The molecule has 118 valence electrons. The Balaban J connectivity index is 2.94. The Bertz CT molecular complexity index is 487. The van der Waals surface area contributed by atoms with Crippen molar-refractivity contribution in [2.24, 2.45) is 0 Å². The number of benzene rings is 1. The van der Waals surface area contributed by atoms with Crippen LogP contribution in [0.2, 0.25) is 0 Å². The molecule has 21 heavy (non-hydrogen) atoms.